The number of rotatable bonds is 11. The highest BCUT2D eigenvalue weighted by Crippen LogP contribution is 2.37. The Kier molecular flexibility index (Phi) is 10.8. The number of halogens is 1. The molecule has 0 amide bonds. The number of likely N-dealkylation sites (tertiary alicyclic amines) is 1. The first kappa shape index (κ1) is 31.6. The van der Waals surface area contributed by atoms with E-state index in [-0.39, 0.29) is 33.6 Å². The van der Waals surface area contributed by atoms with Gasteiger partial charge >= 0.3 is 0 Å². The van der Waals surface area contributed by atoms with Gasteiger partial charge in [-0.25, -0.2) is 13.4 Å². The van der Waals surface area contributed by atoms with E-state index in [0.717, 1.165) is 37.3 Å². The smallest absolute Gasteiger partial charge is 0.229 e. The maximum absolute atomic E-state index is 12.7. The molecule has 0 bridgehead atoms. The quantitative estimate of drug-likeness (QED) is 0.300. The van der Waals surface area contributed by atoms with Crippen molar-refractivity contribution in [3.05, 3.63) is 45.2 Å². The standard InChI is InChI=1S/C28H42ClN7O3S/c1-8-36-11-9-10-20(16-36)21-13-25(39-17(2)3)23(12-19(21)6)34-28-32-14-22(29)27(35-28)33-24(15-31-7)26(30)40(37,38)18(4)5/h12-15,17-18,20H,8-11,16,30H2,1-7H3,(H2,32,33,34,35). The van der Waals surface area contributed by atoms with Crippen LogP contribution in [-0.2, 0) is 9.84 Å². The predicted octanol–water partition coefficient (Wildman–Crippen LogP) is 5.23. The fraction of sp³-hybridized carbons (Fsp3) is 0.536. The molecule has 220 valence electrons. The Morgan fingerprint density at radius 3 is 2.67 bits per heavy atom. The molecular weight excluding hydrogens is 550 g/mol. The van der Waals surface area contributed by atoms with Gasteiger partial charge in [0, 0.05) is 19.8 Å². The van der Waals surface area contributed by atoms with E-state index in [1.165, 1.54) is 31.4 Å². The molecule has 1 atom stereocenters. The summed E-state index contributed by atoms with van der Waals surface area (Å²) in [5.41, 5.74) is 9.27. The van der Waals surface area contributed by atoms with E-state index in [9.17, 15) is 8.42 Å². The van der Waals surface area contributed by atoms with Gasteiger partial charge in [-0.1, -0.05) is 18.5 Å². The highest BCUT2D eigenvalue weighted by Gasteiger charge is 2.25. The summed E-state index contributed by atoms with van der Waals surface area (Å²) in [6.07, 6.45) is 5.04. The molecule has 12 heteroatoms. The Bertz CT molecular complexity index is 1360. The number of ether oxygens (including phenoxy) is 1. The molecule has 1 aromatic carbocycles. The first-order chi connectivity index (χ1) is 18.9. The Labute approximate surface area is 243 Å². The molecule has 1 aliphatic heterocycles. The third-order valence-corrected chi connectivity index (χ3v) is 9.17. The first-order valence-electron chi connectivity index (χ1n) is 13.6. The number of nitrogens with zero attached hydrogens (tertiary/aromatic N) is 4. The third-order valence-electron chi connectivity index (χ3n) is 6.82. The number of piperidine rings is 1. The van der Waals surface area contributed by atoms with Crippen molar-refractivity contribution >= 4 is 45.1 Å². The van der Waals surface area contributed by atoms with Crippen molar-refractivity contribution in [2.24, 2.45) is 10.7 Å². The summed E-state index contributed by atoms with van der Waals surface area (Å²) >= 11 is 6.38. The minimum Gasteiger partial charge on any atom is -0.489 e. The van der Waals surface area contributed by atoms with Crippen LogP contribution in [0.4, 0.5) is 17.5 Å². The van der Waals surface area contributed by atoms with Crippen LogP contribution in [0.3, 0.4) is 0 Å². The van der Waals surface area contributed by atoms with Crippen LogP contribution >= 0.6 is 11.6 Å². The van der Waals surface area contributed by atoms with Crippen molar-refractivity contribution in [3.8, 4) is 5.75 Å². The number of likely N-dealkylation sites (N-methyl/N-ethyl adjacent to an activating group) is 1. The number of aliphatic imine (C=N–C) groups is 1. The summed E-state index contributed by atoms with van der Waals surface area (Å²) in [7, 11) is -2.23. The molecule has 4 N–H and O–H groups in total. The average Bonchev–Trinajstić information content (AvgIpc) is 2.90. The van der Waals surface area contributed by atoms with Gasteiger partial charge < -0.3 is 26.0 Å². The topological polar surface area (TPSA) is 135 Å². The van der Waals surface area contributed by atoms with Gasteiger partial charge in [0.2, 0.25) is 5.95 Å². The van der Waals surface area contributed by atoms with E-state index in [0.29, 0.717) is 11.7 Å². The number of hydrogen-bond acceptors (Lipinski definition) is 10. The molecule has 2 heterocycles. The number of anilines is 3. The second kappa shape index (κ2) is 13.6. The van der Waals surface area contributed by atoms with Crippen LogP contribution in [0.15, 0.2) is 34.0 Å². The minimum atomic E-state index is -3.75. The van der Waals surface area contributed by atoms with Crippen LogP contribution in [0.25, 0.3) is 0 Å². The summed E-state index contributed by atoms with van der Waals surface area (Å²) in [5.74, 6) is 1.58. The Balaban J connectivity index is 1.98. The molecule has 2 aromatic rings. The lowest BCUT2D eigenvalue weighted by atomic mass is 9.87. The molecule has 1 fully saturated rings. The van der Waals surface area contributed by atoms with E-state index in [4.69, 9.17) is 22.1 Å². The molecule has 40 heavy (non-hydrogen) atoms. The third kappa shape index (κ3) is 7.64. The zero-order valence-electron chi connectivity index (χ0n) is 24.5. The van der Waals surface area contributed by atoms with Gasteiger partial charge in [0.25, 0.3) is 0 Å². The van der Waals surface area contributed by atoms with Gasteiger partial charge in [0.1, 0.15) is 10.8 Å². The van der Waals surface area contributed by atoms with E-state index in [2.05, 4.69) is 56.5 Å². The number of nitrogens with one attached hydrogen (secondary N) is 2. The molecule has 1 aromatic heterocycles. The minimum absolute atomic E-state index is 0.0372. The zero-order valence-corrected chi connectivity index (χ0v) is 26.0. The molecule has 0 radical (unpaired) electrons. The number of nitrogens with two attached hydrogens (primary N) is 1. The maximum atomic E-state index is 12.7. The number of allylic oxidation sites excluding steroid dienone is 1. The van der Waals surface area contributed by atoms with Crippen LogP contribution in [0, 0.1) is 6.92 Å². The van der Waals surface area contributed by atoms with Gasteiger partial charge in [0.15, 0.2) is 20.7 Å². The molecule has 1 unspecified atom stereocenters. The van der Waals surface area contributed by atoms with E-state index in [1.54, 1.807) is 13.8 Å². The number of aromatic nitrogens is 2. The van der Waals surface area contributed by atoms with Crippen molar-refractivity contribution in [3.63, 3.8) is 0 Å². The summed E-state index contributed by atoms with van der Waals surface area (Å²) < 4.78 is 31.6. The maximum Gasteiger partial charge on any atom is 0.229 e. The normalized spacial score (nSPS) is 17.4. The van der Waals surface area contributed by atoms with Gasteiger partial charge in [-0.15, -0.1) is 0 Å². The lowest BCUT2D eigenvalue weighted by Gasteiger charge is -2.33. The molecule has 0 spiro atoms. The second-order valence-corrected chi connectivity index (χ2v) is 13.4. The Hall–Kier alpha value is -2.89. The van der Waals surface area contributed by atoms with Crippen LogP contribution in [0.5, 0.6) is 5.75 Å². The van der Waals surface area contributed by atoms with Gasteiger partial charge in [-0.2, -0.15) is 4.98 Å². The molecule has 0 aliphatic carbocycles. The monoisotopic (exact) mass is 591 g/mol. The predicted molar refractivity (Wildman–Crippen MR) is 165 cm³/mol. The Morgan fingerprint density at radius 1 is 1.32 bits per heavy atom. The molecule has 3 rings (SSSR count). The molecular formula is C28H42ClN7O3S. The van der Waals surface area contributed by atoms with Crippen molar-refractivity contribution < 1.29 is 13.2 Å². The SMILES string of the molecule is CCN1CCCC(c2cc(OC(C)C)c(Nc3ncc(Cl)c(NC(C=NC)=C(N)S(=O)(=O)C(C)C)n3)cc2C)C1. The summed E-state index contributed by atoms with van der Waals surface area (Å²) in [6.45, 7) is 14.6. The number of hydrogen-bond donors (Lipinski definition) is 3. The summed E-state index contributed by atoms with van der Waals surface area (Å²) in [4.78, 5) is 15.3. The first-order valence-corrected chi connectivity index (χ1v) is 15.6. The number of benzene rings is 1. The molecule has 1 saturated heterocycles. The highest BCUT2D eigenvalue weighted by atomic mass is 35.5. The lowest BCUT2D eigenvalue weighted by molar-refractivity contribution is 0.216. The molecule has 0 saturated carbocycles. The zero-order chi connectivity index (χ0) is 29.6. The van der Waals surface area contributed by atoms with Gasteiger partial charge in [-0.05, 0) is 89.7 Å². The average molecular weight is 592 g/mol. The second-order valence-electron chi connectivity index (χ2n) is 10.5. The van der Waals surface area contributed by atoms with Crippen molar-refractivity contribution in [1.82, 2.24) is 14.9 Å². The van der Waals surface area contributed by atoms with Crippen molar-refractivity contribution in [2.45, 2.75) is 71.7 Å². The van der Waals surface area contributed by atoms with Gasteiger partial charge in [0.05, 0.1) is 28.9 Å². The van der Waals surface area contributed by atoms with Crippen LogP contribution in [0.2, 0.25) is 5.02 Å². The van der Waals surface area contributed by atoms with E-state index < -0.39 is 15.1 Å². The summed E-state index contributed by atoms with van der Waals surface area (Å²) in [6, 6.07) is 4.19. The summed E-state index contributed by atoms with van der Waals surface area (Å²) in [5, 5.41) is 5.31. The molecule has 10 nitrogen and oxygen atoms in total. The number of sulfone groups is 1. The molecule has 1 aliphatic rings. The highest BCUT2D eigenvalue weighted by molar-refractivity contribution is 7.95. The van der Waals surface area contributed by atoms with E-state index in [1.807, 2.05) is 13.8 Å². The Morgan fingerprint density at radius 2 is 2.05 bits per heavy atom. The van der Waals surface area contributed by atoms with Crippen LogP contribution in [-0.4, -0.2) is 67.5 Å². The fourth-order valence-corrected chi connectivity index (χ4v) is 5.70. The lowest BCUT2D eigenvalue weighted by Crippen LogP contribution is -2.34. The fourth-order valence-electron chi connectivity index (χ4n) is 4.65. The van der Waals surface area contributed by atoms with Crippen LogP contribution in [0.1, 0.15) is 64.5 Å². The van der Waals surface area contributed by atoms with E-state index >= 15 is 0 Å². The van der Waals surface area contributed by atoms with Crippen molar-refractivity contribution in [1.29, 1.82) is 0 Å². The van der Waals surface area contributed by atoms with Crippen molar-refractivity contribution in [2.75, 3.05) is 37.3 Å². The number of aryl methyl sites for hydroxylation is 1. The largest absolute Gasteiger partial charge is 0.489 e. The van der Waals surface area contributed by atoms with Gasteiger partial charge in [-0.3, -0.25) is 4.99 Å². The van der Waals surface area contributed by atoms with Crippen LogP contribution < -0.4 is 21.1 Å².